The first-order chi connectivity index (χ1) is 23.0. The molecule has 0 radical (unpaired) electrons. The number of benzene rings is 3. The predicted octanol–water partition coefficient (Wildman–Crippen LogP) is 6.06. The number of thiazole rings is 1. The molecule has 0 bridgehead atoms. The van der Waals surface area contributed by atoms with Gasteiger partial charge in [-0.25, -0.2) is 27.7 Å². The number of esters is 1. The Hall–Kier alpha value is -4.76. The van der Waals surface area contributed by atoms with Crippen molar-refractivity contribution in [3.8, 4) is 23.1 Å². The maximum absolute atomic E-state index is 15.3. The van der Waals surface area contributed by atoms with E-state index in [1.807, 2.05) is 60.6 Å². The summed E-state index contributed by atoms with van der Waals surface area (Å²) in [5.74, 6) is -1.94. The molecule has 0 spiro atoms. The molecule has 0 unspecified atom stereocenters. The summed E-state index contributed by atoms with van der Waals surface area (Å²) in [6.45, 7) is 6.91. The Balaban J connectivity index is 1.24. The lowest BCUT2D eigenvalue weighted by molar-refractivity contribution is -0.687. The minimum Gasteiger partial charge on any atom is -0.425 e. The summed E-state index contributed by atoms with van der Waals surface area (Å²) in [7, 11) is 0. The molecule has 3 aromatic carbocycles. The number of carbonyl (C=O) groups is 1. The number of halogens is 2. The minimum absolute atomic E-state index is 0.0301. The van der Waals surface area contributed by atoms with Crippen LogP contribution in [0.3, 0.4) is 0 Å². The van der Waals surface area contributed by atoms with Crippen molar-refractivity contribution in [2.45, 2.75) is 64.3 Å². The first kappa shape index (κ1) is 33.2. The van der Waals surface area contributed by atoms with E-state index in [-0.39, 0.29) is 24.1 Å². The number of nitrogens with one attached hydrogen (secondary N) is 1. The zero-order valence-electron chi connectivity index (χ0n) is 26.9. The zero-order valence-corrected chi connectivity index (χ0v) is 27.7. The van der Waals surface area contributed by atoms with E-state index in [9.17, 15) is 14.3 Å². The maximum atomic E-state index is 15.3. The predicted molar refractivity (Wildman–Crippen MR) is 177 cm³/mol. The van der Waals surface area contributed by atoms with Gasteiger partial charge in [-0.05, 0) is 80.3 Å². The molecule has 1 aliphatic rings. The highest BCUT2D eigenvalue weighted by Crippen LogP contribution is 2.41. The zero-order chi connectivity index (χ0) is 34.0. The van der Waals surface area contributed by atoms with E-state index < -0.39 is 23.2 Å². The number of aliphatic hydroxyl groups is 1. The first-order valence-corrected chi connectivity index (χ1v) is 16.7. The van der Waals surface area contributed by atoms with Gasteiger partial charge in [0.2, 0.25) is 6.33 Å². The number of nitriles is 1. The number of rotatable bonds is 10. The molecule has 48 heavy (non-hydrogen) atoms. The van der Waals surface area contributed by atoms with Gasteiger partial charge in [-0.2, -0.15) is 5.26 Å². The minimum atomic E-state index is -1.79. The SMILES string of the molecule is Cc1cc(C[n+]2ccn(C[C@](O)(c3ccc(F)cc3F)[C@@H](C)c3nc(-c4ccc(C#N)cc4)cs3)c2)cc(C)c1OC(=O)[C@@H]1CCCN1. The van der Waals surface area contributed by atoms with Crippen LogP contribution < -0.4 is 14.6 Å². The van der Waals surface area contributed by atoms with Crippen molar-refractivity contribution in [2.24, 2.45) is 0 Å². The summed E-state index contributed by atoms with van der Waals surface area (Å²) in [5, 5.41) is 27.1. The highest BCUT2D eigenvalue weighted by molar-refractivity contribution is 7.10. The second-order valence-electron chi connectivity index (χ2n) is 12.4. The Morgan fingerprint density at radius 3 is 2.62 bits per heavy atom. The Morgan fingerprint density at radius 1 is 1.21 bits per heavy atom. The van der Waals surface area contributed by atoms with Gasteiger partial charge in [0.15, 0.2) is 0 Å². The van der Waals surface area contributed by atoms with Crippen LogP contribution in [-0.4, -0.2) is 33.2 Å². The Bertz CT molecular complexity index is 1970. The summed E-state index contributed by atoms with van der Waals surface area (Å²) in [6, 6.07) is 16.1. The molecule has 1 fully saturated rings. The molecule has 1 saturated heterocycles. The van der Waals surface area contributed by atoms with Crippen LogP contribution in [0.2, 0.25) is 0 Å². The third kappa shape index (κ3) is 6.92. The van der Waals surface area contributed by atoms with Crippen LogP contribution in [0.4, 0.5) is 8.78 Å². The van der Waals surface area contributed by atoms with Crippen LogP contribution in [0.25, 0.3) is 11.3 Å². The molecule has 2 aromatic heterocycles. The maximum Gasteiger partial charge on any atom is 0.328 e. The third-order valence-corrected chi connectivity index (χ3v) is 9.95. The second-order valence-corrected chi connectivity index (χ2v) is 13.3. The first-order valence-electron chi connectivity index (χ1n) is 15.8. The molecule has 8 nitrogen and oxygen atoms in total. The van der Waals surface area contributed by atoms with E-state index in [1.54, 1.807) is 29.8 Å². The Morgan fingerprint density at radius 2 is 1.96 bits per heavy atom. The van der Waals surface area contributed by atoms with E-state index in [0.29, 0.717) is 28.6 Å². The fourth-order valence-electron chi connectivity index (χ4n) is 6.30. The monoisotopic (exact) mass is 668 g/mol. The average Bonchev–Trinajstić information content (AvgIpc) is 3.86. The molecule has 3 atom stereocenters. The molecule has 0 aliphatic carbocycles. The van der Waals surface area contributed by atoms with E-state index in [1.165, 1.54) is 17.4 Å². The van der Waals surface area contributed by atoms with Crippen LogP contribution in [0.1, 0.15) is 58.5 Å². The van der Waals surface area contributed by atoms with Crippen molar-refractivity contribution in [3.05, 3.63) is 123 Å². The molecular formula is C37H36F2N5O3S+. The lowest BCUT2D eigenvalue weighted by atomic mass is 9.82. The number of aromatic nitrogens is 3. The molecule has 6 rings (SSSR count). The van der Waals surface area contributed by atoms with E-state index in [4.69, 9.17) is 15.0 Å². The van der Waals surface area contributed by atoms with Crippen molar-refractivity contribution >= 4 is 17.3 Å². The summed E-state index contributed by atoms with van der Waals surface area (Å²) >= 11 is 1.34. The largest absolute Gasteiger partial charge is 0.425 e. The summed E-state index contributed by atoms with van der Waals surface area (Å²) in [5.41, 5.74) is 2.91. The van der Waals surface area contributed by atoms with Gasteiger partial charge >= 0.3 is 5.97 Å². The second kappa shape index (κ2) is 13.8. The van der Waals surface area contributed by atoms with E-state index in [2.05, 4.69) is 11.4 Å². The van der Waals surface area contributed by atoms with E-state index in [0.717, 1.165) is 53.8 Å². The molecule has 246 valence electrons. The molecular weight excluding hydrogens is 633 g/mol. The van der Waals surface area contributed by atoms with Gasteiger partial charge in [0.1, 0.15) is 54.5 Å². The smallest absolute Gasteiger partial charge is 0.328 e. The number of nitrogens with zero attached hydrogens (tertiary/aromatic N) is 4. The highest BCUT2D eigenvalue weighted by Gasteiger charge is 2.43. The standard InChI is InChI=1S/C37H36F2N5O3S/c1-23-15-27(16-24(2)34(23)47-36(45)32-5-4-12-41-32)19-43-13-14-44(22-43)21-37(46,30-11-10-29(38)17-31(30)39)25(3)35-42-33(20-48-35)28-8-6-26(18-40)7-9-28/h6-11,13-17,20,22,25,32,41,46H,4-5,12,19,21H2,1-3H3/q+1/t25-,32-,37+/m0/s1. The van der Waals surface area contributed by atoms with Crippen molar-refractivity contribution in [1.82, 2.24) is 14.9 Å². The van der Waals surface area contributed by atoms with Crippen LogP contribution in [-0.2, 0) is 23.5 Å². The highest BCUT2D eigenvalue weighted by atomic mass is 32.1. The van der Waals surface area contributed by atoms with Crippen LogP contribution in [0.5, 0.6) is 5.75 Å². The number of hydrogen-bond acceptors (Lipinski definition) is 7. The Labute approximate surface area is 281 Å². The van der Waals surface area contributed by atoms with Crippen molar-refractivity contribution in [3.63, 3.8) is 0 Å². The van der Waals surface area contributed by atoms with Crippen molar-refractivity contribution < 1.29 is 28.0 Å². The van der Waals surface area contributed by atoms with E-state index >= 15 is 4.39 Å². The van der Waals surface area contributed by atoms with Crippen LogP contribution in [0, 0.1) is 36.8 Å². The fourth-order valence-corrected chi connectivity index (χ4v) is 7.27. The quantitative estimate of drug-likeness (QED) is 0.107. The molecule has 11 heteroatoms. The molecule has 0 saturated carbocycles. The average molecular weight is 669 g/mol. The lowest BCUT2D eigenvalue weighted by Crippen LogP contribution is -2.38. The molecule has 3 heterocycles. The van der Waals surface area contributed by atoms with Crippen LogP contribution >= 0.6 is 11.3 Å². The van der Waals surface area contributed by atoms with Crippen LogP contribution in [0.15, 0.2) is 78.7 Å². The van der Waals surface area contributed by atoms with Crippen molar-refractivity contribution in [1.29, 1.82) is 5.26 Å². The normalized spacial score (nSPS) is 16.3. The van der Waals surface area contributed by atoms with Gasteiger partial charge in [-0.1, -0.05) is 25.1 Å². The summed E-state index contributed by atoms with van der Waals surface area (Å²) in [6.07, 6.45) is 7.21. The number of carbonyl (C=O) groups excluding carboxylic acids is 1. The van der Waals surface area contributed by atoms with Gasteiger partial charge in [-0.15, -0.1) is 11.3 Å². The summed E-state index contributed by atoms with van der Waals surface area (Å²) < 4.78 is 38.8. The number of ether oxygens (including phenoxy) is 1. The fraction of sp³-hybridized carbons (Fsp3) is 0.297. The third-order valence-electron chi connectivity index (χ3n) is 8.92. The lowest BCUT2D eigenvalue weighted by Gasteiger charge is -2.32. The Kier molecular flexibility index (Phi) is 9.51. The molecule has 1 aliphatic heterocycles. The molecule has 0 amide bonds. The molecule has 2 N–H and O–H groups in total. The summed E-state index contributed by atoms with van der Waals surface area (Å²) in [4.78, 5) is 17.4. The topological polar surface area (TPSA) is 104 Å². The number of imidazole rings is 1. The van der Waals surface area contributed by atoms with Gasteiger partial charge in [0.25, 0.3) is 0 Å². The number of aryl methyl sites for hydroxylation is 2. The number of hydrogen-bond donors (Lipinski definition) is 2. The van der Waals surface area contributed by atoms with Gasteiger partial charge in [0, 0.05) is 28.5 Å². The van der Waals surface area contributed by atoms with Gasteiger partial charge in [0.05, 0.1) is 22.3 Å². The van der Waals surface area contributed by atoms with Crippen molar-refractivity contribution in [2.75, 3.05) is 6.54 Å². The molecule has 5 aromatic rings. The van der Waals surface area contributed by atoms with Gasteiger partial charge < -0.3 is 15.2 Å². The van der Waals surface area contributed by atoms with Gasteiger partial charge in [-0.3, -0.25) is 0 Å².